The molecule has 1 saturated heterocycles. The van der Waals surface area contributed by atoms with Gasteiger partial charge in [-0.1, -0.05) is 12.1 Å². The van der Waals surface area contributed by atoms with Gasteiger partial charge < -0.3 is 4.90 Å². The van der Waals surface area contributed by atoms with Crippen molar-refractivity contribution in [1.29, 1.82) is 0 Å². The van der Waals surface area contributed by atoms with E-state index in [1.807, 2.05) is 12.1 Å². The molecule has 0 unspecified atom stereocenters. The molecule has 2 heterocycles. The predicted octanol–water partition coefficient (Wildman–Crippen LogP) is 4.49. The lowest BCUT2D eigenvalue weighted by molar-refractivity contribution is -0.137. The van der Waals surface area contributed by atoms with Crippen LogP contribution in [-0.4, -0.2) is 55.4 Å². The molecule has 32 heavy (non-hydrogen) atoms. The van der Waals surface area contributed by atoms with Crippen LogP contribution in [0.25, 0.3) is 10.9 Å². The molecule has 1 aliphatic heterocycles. The number of alkyl halides is 3. The lowest BCUT2D eigenvalue weighted by Crippen LogP contribution is -2.43. The van der Waals surface area contributed by atoms with Gasteiger partial charge in [0.15, 0.2) is 0 Å². The van der Waals surface area contributed by atoms with Crippen LogP contribution in [0.5, 0.6) is 0 Å². The molecule has 4 rings (SSSR count). The van der Waals surface area contributed by atoms with E-state index >= 15 is 0 Å². The Bertz CT molecular complexity index is 1170. The Morgan fingerprint density at radius 1 is 0.938 bits per heavy atom. The van der Waals surface area contributed by atoms with Gasteiger partial charge in [0.25, 0.3) is 10.0 Å². The van der Waals surface area contributed by atoms with Crippen molar-refractivity contribution in [3.05, 3.63) is 65.9 Å². The van der Waals surface area contributed by atoms with Gasteiger partial charge in [-0.25, -0.2) is 12.4 Å². The monoisotopic (exact) mass is 509 g/mol. The summed E-state index contributed by atoms with van der Waals surface area (Å²) in [5.74, 6) is 0. The summed E-state index contributed by atoms with van der Waals surface area (Å²) >= 11 is 0. The number of rotatable bonds is 4. The zero-order valence-corrected chi connectivity index (χ0v) is 19.7. The van der Waals surface area contributed by atoms with Crippen LogP contribution < -0.4 is 0 Å². The van der Waals surface area contributed by atoms with Gasteiger partial charge in [-0.2, -0.15) is 13.2 Å². The van der Waals surface area contributed by atoms with Crippen LogP contribution in [0.1, 0.15) is 11.1 Å². The van der Waals surface area contributed by atoms with Crippen molar-refractivity contribution in [3.8, 4) is 0 Å². The minimum absolute atomic E-state index is 0. The first-order valence-corrected chi connectivity index (χ1v) is 11.0. The van der Waals surface area contributed by atoms with E-state index in [-0.39, 0.29) is 24.8 Å². The molecule has 1 fully saturated rings. The molecule has 0 amide bonds. The molecule has 0 N–H and O–H groups in total. The van der Waals surface area contributed by atoms with E-state index in [1.165, 1.54) is 12.3 Å². The first-order valence-electron chi connectivity index (χ1n) is 9.58. The molecule has 0 radical (unpaired) electrons. The Hall–Kier alpha value is -1.78. The second-order valence-electron chi connectivity index (χ2n) is 7.61. The van der Waals surface area contributed by atoms with Crippen molar-refractivity contribution < 1.29 is 21.6 Å². The Balaban J connectivity index is 0.00000181. The van der Waals surface area contributed by atoms with Crippen LogP contribution in [-0.2, 0) is 22.7 Å². The smallest absolute Gasteiger partial charge is 0.304 e. The number of hydrogen-bond donors (Lipinski definition) is 0. The number of fused-ring (bicyclic) bond motifs is 1. The van der Waals surface area contributed by atoms with Crippen molar-refractivity contribution in [1.82, 2.24) is 13.8 Å². The van der Waals surface area contributed by atoms with Gasteiger partial charge in [-0.15, -0.1) is 24.8 Å². The summed E-state index contributed by atoms with van der Waals surface area (Å²) in [5.41, 5.74) is 0.519. The zero-order chi connectivity index (χ0) is 21.5. The zero-order valence-electron chi connectivity index (χ0n) is 17.2. The number of aromatic nitrogens is 1. The fourth-order valence-electron chi connectivity index (χ4n) is 3.69. The molecule has 0 bridgehead atoms. The second-order valence-corrected chi connectivity index (χ2v) is 9.43. The Labute approximate surface area is 197 Å². The van der Waals surface area contributed by atoms with E-state index in [2.05, 4.69) is 16.8 Å². The van der Waals surface area contributed by atoms with Gasteiger partial charge in [-0.3, -0.25) is 4.90 Å². The predicted molar refractivity (Wildman–Crippen MR) is 123 cm³/mol. The maximum absolute atomic E-state index is 13.0. The summed E-state index contributed by atoms with van der Waals surface area (Å²) in [6.45, 7) is 4.73. The summed E-state index contributed by atoms with van der Waals surface area (Å²) in [6.07, 6.45) is -3.22. The highest BCUT2D eigenvalue weighted by Gasteiger charge is 2.32. The molecule has 2 aromatic carbocycles. The lowest BCUT2D eigenvalue weighted by atomic mass is 10.1. The average Bonchev–Trinajstić information content (AvgIpc) is 3.13. The molecular weight excluding hydrogens is 486 g/mol. The molecule has 0 saturated carbocycles. The van der Waals surface area contributed by atoms with Gasteiger partial charge in [0.2, 0.25) is 0 Å². The van der Waals surface area contributed by atoms with E-state index in [1.54, 1.807) is 12.1 Å². The minimum Gasteiger partial charge on any atom is -0.304 e. The summed E-state index contributed by atoms with van der Waals surface area (Å²) in [6, 6.07) is 11.0. The standard InChI is InChI=1S/C21H22F3N3O2S.2ClH/c1-25-9-11-26(12-10-25)15-16-5-6-20-17(13-16)7-8-27(20)30(28,29)19-4-2-3-18(14-19)21(22,23)24;;/h2-8,13-14H,9-12,15H2,1H3;2*1H. The van der Waals surface area contributed by atoms with Crippen molar-refractivity contribution in [2.45, 2.75) is 17.6 Å². The second kappa shape index (κ2) is 10.0. The van der Waals surface area contributed by atoms with Crippen molar-refractivity contribution in [2.24, 2.45) is 0 Å². The number of benzene rings is 2. The summed E-state index contributed by atoms with van der Waals surface area (Å²) in [5, 5.41) is 0.733. The van der Waals surface area contributed by atoms with E-state index in [0.717, 1.165) is 59.8 Å². The quantitative estimate of drug-likeness (QED) is 0.519. The first-order chi connectivity index (χ1) is 14.1. The van der Waals surface area contributed by atoms with Crippen LogP contribution in [0, 0.1) is 0 Å². The highest BCUT2D eigenvalue weighted by Crippen LogP contribution is 2.31. The summed E-state index contributed by atoms with van der Waals surface area (Å²) in [4.78, 5) is 4.23. The summed E-state index contributed by atoms with van der Waals surface area (Å²) in [7, 11) is -2.06. The summed E-state index contributed by atoms with van der Waals surface area (Å²) < 4.78 is 66.1. The van der Waals surface area contributed by atoms with E-state index in [0.29, 0.717) is 11.6 Å². The van der Waals surface area contributed by atoms with Crippen LogP contribution in [0.15, 0.2) is 59.6 Å². The van der Waals surface area contributed by atoms with E-state index in [4.69, 9.17) is 0 Å². The largest absolute Gasteiger partial charge is 0.416 e. The van der Waals surface area contributed by atoms with Crippen molar-refractivity contribution in [2.75, 3.05) is 33.2 Å². The van der Waals surface area contributed by atoms with Gasteiger partial charge in [-0.05, 0) is 49.0 Å². The molecule has 176 valence electrons. The van der Waals surface area contributed by atoms with Crippen LogP contribution in [0.2, 0.25) is 0 Å². The van der Waals surface area contributed by atoms with E-state index in [9.17, 15) is 21.6 Å². The van der Waals surface area contributed by atoms with E-state index < -0.39 is 26.7 Å². The number of halogens is 5. The maximum atomic E-state index is 13.0. The Kier molecular flexibility index (Phi) is 8.28. The molecular formula is C21H24Cl2F3N3O2S. The average molecular weight is 510 g/mol. The third-order valence-corrected chi connectivity index (χ3v) is 7.13. The fourth-order valence-corrected chi connectivity index (χ4v) is 5.08. The highest BCUT2D eigenvalue weighted by atomic mass is 35.5. The number of hydrogen-bond acceptors (Lipinski definition) is 4. The highest BCUT2D eigenvalue weighted by molar-refractivity contribution is 7.90. The number of piperazine rings is 1. The first kappa shape index (κ1) is 26.5. The fraction of sp³-hybridized carbons (Fsp3) is 0.333. The SMILES string of the molecule is CN1CCN(Cc2ccc3c(ccn3S(=O)(=O)c3cccc(C(F)(F)F)c3)c2)CC1.Cl.Cl. The van der Waals surface area contributed by atoms with Crippen LogP contribution in [0.3, 0.4) is 0 Å². The normalized spacial score (nSPS) is 15.9. The molecule has 1 aromatic heterocycles. The van der Waals surface area contributed by atoms with Gasteiger partial charge >= 0.3 is 6.18 Å². The third kappa shape index (κ3) is 5.40. The van der Waals surface area contributed by atoms with Crippen LogP contribution >= 0.6 is 24.8 Å². The van der Waals surface area contributed by atoms with Gasteiger partial charge in [0.05, 0.1) is 16.0 Å². The number of likely N-dealkylation sites (N-methyl/N-ethyl adjacent to an activating group) is 1. The third-order valence-electron chi connectivity index (χ3n) is 5.44. The molecule has 0 aliphatic carbocycles. The van der Waals surface area contributed by atoms with Crippen molar-refractivity contribution in [3.63, 3.8) is 0 Å². The van der Waals surface area contributed by atoms with Gasteiger partial charge in [0, 0.05) is 44.3 Å². The Morgan fingerprint density at radius 3 is 2.28 bits per heavy atom. The molecule has 3 aromatic rings. The van der Waals surface area contributed by atoms with Gasteiger partial charge in [0.1, 0.15) is 0 Å². The van der Waals surface area contributed by atoms with Crippen molar-refractivity contribution >= 4 is 45.7 Å². The van der Waals surface area contributed by atoms with Crippen LogP contribution in [0.4, 0.5) is 13.2 Å². The maximum Gasteiger partial charge on any atom is 0.416 e. The topological polar surface area (TPSA) is 45.5 Å². The molecule has 11 heteroatoms. The molecule has 5 nitrogen and oxygen atoms in total. The number of nitrogens with zero attached hydrogens (tertiary/aromatic N) is 3. The molecule has 0 atom stereocenters. The molecule has 1 aliphatic rings. The Morgan fingerprint density at radius 2 is 1.62 bits per heavy atom. The minimum atomic E-state index is -4.61. The lowest BCUT2D eigenvalue weighted by Gasteiger charge is -2.32. The molecule has 0 spiro atoms.